The molecule has 0 aromatic heterocycles. The molecular weight excluding hydrogens is 429 g/mol. The van der Waals surface area contributed by atoms with Crippen molar-refractivity contribution in [2.75, 3.05) is 20.2 Å². The number of fused-ring (bicyclic) bond motifs is 2. The second kappa shape index (κ2) is 10.2. The summed E-state index contributed by atoms with van der Waals surface area (Å²) in [5.74, 6) is 1.84. The van der Waals surface area contributed by atoms with Crippen molar-refractivity contribution in [2.24, 2.45) is 4.99 Å². The van der Waals surface area contributed by atoms with Gasteiger partial charge >= 0.3 is 0 Å². The molecule has 2 N–H and O–H groups in total. The molecule has 0 amide bonds. The summed E-state index contributed by atoms with van der Waals surface area (Å²) in [5.41, 5.74) is 1.30. The van der Waals surface area contributed by atoms with Crippen molar-refractivity contribution in [3.8, 4) is 5.75 Å². The molecule has 5 nitrogen and oxygen atoms in total. The molecule has 140 valence electrons. The quantitative estimate of drug-likeness (QED) is 0.285. The van der Waals surface area contributed by atoms with Gasteiger partial charge in [-0.25, -0.2) is 0 Å². The minimum absolute atomic E-state index is 0. The highest BCUT2D eigenvalue weighted by molar-refractivity contribution is 14.0. The molecule has 2 saturated heterocycles. The monoisotopic (exact) mass is 459 g/mol. The van der Waals surface area contributed by atoms with Crippen molar-refractivity contribution < 1.29 is 9.47 Å². The number of hydrogen-bond acceptors (Lipinski definition) is 3. The van der Waals surface area contributed by atoms with Crippen molar-refractivity contribution in [1.29, 1.82) is 0 Å². The number of ether oxygens (including phenoxy) is 2. The molecule has 2 aliphatic rings. The number of rotatable bonds is 7. The van der Waals surface area contributed by atoms with Crippen molar-refractivity contribution in [3.63, 3.8) is 0 Å². The van der Waals surface area contributed by atoms with Gasteiger partial charge in [-0.2, -0.15) is 0 Å². The van der Waals surface area contributed by atoms with Crippen LogP contribution in [0, 0.1) is 0 Å². The molecule has 2 heterocycles. The first-order valence-electron chi connectivity index (χ1n) is 9.11. The van der Waals surface area contributed by atoms with E-state index in [1.54, 1.807) is 7.11 Å². The van der Waals surface area contributed by atoms with Crippen LogP contribution in [0.5, 0.6) is 5.75 Å². The van der Waals surface area contributed by atoms with Gasteiger partial charge in [-0.15, -0.1) is 24.0 Å². The van der Waals surface area contributed by atoms with E-state index < -0.39 is 0 Å². The van der Waals surface area contributed by atoms with Crippen LogP contribution < -0.4 is 15.4 Å². The number of benzene rings is 1. The molecular formula is C19H30IN3O2. The third-order valence-electron chi connectivity index (χ3n) is 4.80. The highest BCUT2D eigenvalue weighted by Crippen LogP contribution is 2.34. The number of halogens is 1. The maximum atomic E-state index is 5.91. The molecule has 0 aliphatic carbocycles. The summed E-state index contributed by atoms with van der Waals surface area (Å²) in [7, 11) is 1.71. The van der Waals surface area contributed by atoms with Crippen molar-refractivity contribution >= 4 is 29.9 Å². The largest absolute Gasteiger partial charge is 0.497 e. The van der Waals surface area contributed by atoms with Crippen LogP contribution in [0.25, 0.3) is 0 Å². The number of hydrogen-bond donors (Lipinski definition) is 2. The van der Waals surface area contributed by atoms with Crippen LogP contribution in [0.1, 0.15) is 38.2 Å². The number of aryl methyl sites for hydroxylation is 1. The van der Waals surface area contributed by atoms with Crippen LogP contribution in [0.2, 0.25) is 0 Å². The van der Waals surface area contributed by atoms with Crippen molar-refractivity contribution in [1.82, 2.24) is 10.6 Å². The Labute approximate surface area is 168 Å². The predicted molar refractivity (Wildman–Crippen MR) is 112 cm³/mol. The summed E-state index contributed by atoms with van der Waals surface area (Å²) < 4.78 is 11.2. The Morgan fingerprint density at radius 3 is 2.92 bits per heavy atom. The van der Waals surface area contributed by atoms with Gasteiger partial charge in [-0.1, -0.05) is 12.1 Å². The summed E-state index contributed by atoms with van der Waals surface area (Å²) in [6.07, 6.45) is 6.38. The van der Waals surface area contributed by atoms with Crippen LogP contribution in [-0.4, -0.2) is 44.4 Å². The van der Waals surface area contributed by atoms with E-state index in [-0.39, 0.29) is 24.0 Å². The maximum Gasteiger partial charge on any atom is 0.191 e. The van der Waals surface area contributed by atoms with E-state index in [0.717, 1.165) is 44.1 Å². The second-order valence-electron chi connectivity index (χ2n) is 6.58. The summed E-state index contributed by atoms with van der Waals surface area (Å²) >= 11 is 0. The molecule has 1 aromatic rings. The molecule has 2 aliphatic heterocycles. The Balaban J connectivity index is 0.00000225. The van der Waals surface area contributed by atoms with E-state index >= 15 is 0 Å². The number of methoxy groups -OCH3 is 1. The van der Waals surface area contributed by atoms with Crippen molar-refractivity contribution in [3.05, 3.63) is 29.8 Å². The average molecular weight is 459 g/mol. The summed E-state index contributed by atoms with van der Waals surface area (Å²) in [6, 6.07) is 8.67. The summed E-state index contributed by atoms with van der Waals surface area (Å²) in [5, 5.41) is 6.91. The van der Waals surface area contributed by atoms with E-state index in [0.29, 0.717) is 18.2 Å². The van der Waals surface area contributed by atoms with E-state index in [4.69, 9.17) is 14.5 Å². The third-order valence-corrected chi connectivity index (χ3v) is 4.80. The van der Waals surface area contributed by atoms with Gasteiger partial charge in [0.2, 0.25) is 0 Å². The highest BCUT2D eigenvalue weighted by Gasteiger charge is 2.41. The minimum atomic E-state index is 0. The Morgan fingerprint density at radius 2 is 2.24 bits per heavy atom. The Bertz CT molecular complexity index is 567. The fourth-order valence-corrected chi connectivity index (χ4v) is 3.59. The minimum Gasteiger partial charge on any atom is -0.497 e. The number of nitrogens with one attached hydrogen (secondary N) is 2. The number of guanidine groups is 1. The molecule has 25 heavy (non-hydrogen) atoms. The topological polar surface area (TPSA) is 54.9 Å². The lowest BCUT2D eigenvalue weighted by Crippen LogP contribution is -2.47. The lowest BCUT2D eigenvalue weighted by atomic mass is 9.96. The van der Waals surface area contributed by atoms with Gasteiger partial charge in [0.1, 0.15) is 5.75 Å². The summed E-state index contributed by atoms with van der Waals surface area (Å²) in [6.45, 7) is 3.79. The van der Waals surface area contributed by atoms with Gasteiger partial charge in [-0.05, 0) is 56.7 Å². The van der Waals surface area contributed by atoms with Crippen LogP contribution >= 0.6 is 24.0 Å². The van der Waals surface area contributed by atoms with Crippen LogP contribution in [0.15, 0.2) is 29.3 Å². The lowest BCUT2D eigenvalue weighted by molar-refractivity contribution is 0.0992. The molecule has 3 unspecified atom stereocenters. The van der Waals surface area contributed by atoms with Gasteiger partial charge in [0.05, 0.1) is 25.4 Å². The zero-order valence-electron chi connectivity index (χ0n) is 15.2. The zero-order valence-corrected chi connectivity index (χ0v) is 17.5. The van der Waals surface area contributed by atoms with Crippen LogP contribution in [0.4, 0.5) is 0 Å². The van der Waals surface area contributed by atoms with Gasteiger partial charge in [0, 0.05) is 13.1 Å². The normalized spacial score (nSPS) is 24.7. The van der Waals surface area contributed by atoms with Crippen LogP contribution in [-0.2, 0) is 11.2 Å². The van der Waals surface area contributed by atoms with E-state index in [1.807, 2.05) is 12.1 Å². The molecule has 3 atom stereocenters. The molecule has 0 saturated carbocycles. The fraction of sp³-hybridized carbons (Fsp3) is 0.632. The molecule has 2 fully saturated rings. The lowest BCUT2D eigenvalue weighted by Gasteiger charge is -2.22. The standard InChI is InChI=1S/C19H29N3O2.HI/c1-3-20-19(22-17-13-16-9-10-18(17)24-16)21-11-5-7-14-6-4-8-15(12-14)23-2;/h4,6,8,12,16-18H,3,5,7,9-11,13H2,1-2H3,(H2,20,21,22);1H. The molecule has 0 spiro atoms. The van der Waals surface area contributed by atoms with Gasteiger partial charge in [-0.3, -0.25) is 4.99 Å². The number of aliphatic imine (C=N–C) groups is 1. The Kier molecular flexibility index (Phi) is 8.29. The first-order valence-corrected chi connectivity index (χ1v) is 9.11. The fourth-order valence-electron chi connectivity index (χ4n) is 3.59. The smallest absolute Gasteiger partial charge is 0.191 e. The average Bonchev–Trinajstić information content (AvgIpc) is 3.22. The first-order chi connectivity index (χ1) is 11.8. The van der Waals surface area contributed by atoms with Crippen molar-refractivity contribution in [2.45, 2.75) is 57.3 Å². The van der Waals surface area contributed by atoms with Crippen LogP contribution in [0.3, 0.4) is 0 Å². The first kappa shape index (κ1) is 20.3. The SMILES string of the molecule is CCNC(=NCCCc1cccc(OC)c1)NC1CC2CCC1O2.I. The van der Waals surface area contributed by atoms with E-state index in [1.165, 1.54) is 18.4 Å². The van der Waals surface area contributed by atoms with E-state index in [9.17, 15) is 0 Å². The molecule has 3 rings (SSSR count). The number of nitrogens with zero attached hydrogens (tertiary/aromatic N) is 1. The maximum absolute atomic E-state index is 5.91. The Morgan fingerprint density at radius 1 is 1.36 bits per heavy atom. The van der Waals surface area contributed by atoms with E-state index in [2.05, 4.69) is 29.7 Å². The zero-order chi connectivity index (χ0) is 16.8. The Hall–Kier alpha value is -1.02. The molecule has 0 radical (unpaired) electrons. The second-order valence-corrected chi connectivity index (χ2v) is 6.58. The third kappa shape index (κ3) is 5.74. The summed E-state index contributed by atoms with van der Waals surface area (Å²) in [4.78, 5) is 4.73. The molecule has 6 heteroatoms. The molecule has 2 bridgehead atoms. The highest BCUT2D eigenvalue weighted by atomic mass is 127. The van der Waals surface area contributed by atoms with Gasteiger partial charge in [0.15, 0.2) is 5.96 Å². The van der Waals surface area contributed by atoms with Gasteiger partial charge in [0.25, 0.3) is 0 Å². The van der Waals surface area contributed by atoms with Gasteiger partial charge < -0.3 is 20.1 Å². The predicted octanol–water partition coefficient (Wildman–Crippen LogP) is 3.12. The molecule has 1 aromatic carbocycles.